The van der Waals surface area contributed by atoms with Crippen LogP contribution in [0.4, 0.5) is 0 Å². The molecule has 40 heavy (non-hydrogen) atoms. The highest BCUT2D eigenvalue weighted by atomic mass is 32.2. The molecule has 2 heterocycles. The van der Waals surface area contributed by atoms with E-state index < -0.39 is 10.0 Å². The number of hydrogen-bond donors (Lipinski definition) is 0. The molecule has 0 spiro atoms. The quantitative estimate of drug-likeness (QED) is 0.165. The maximum absolute atomic E-state index is 14.1. The topological polar surface area (TPSA) is 94.5 Å². The Kier molecular flexibility index (Phi) is 8.72. The summed E-state index contributed by atoms with van der Waals surface area (Å²) < 4.78 is 63.5. The van der Waals surface area contributed by atoms with Crippen LogP contribution in [0, 0.1) is 6.92 Å². The van der Waals surface area contributed by atoms with Gasteiger partial charge >= 0.3 is 0 Å². The van der Waals surface area contributed by atoms with Crippen molar-refractivity contribution in [3.05, 3.63) is 89.1 Å². The number of rotatable bonds is 13. The summed E-state index contributed by atoms with van der Waals surface area (Å²) in [5.41, 5.74) is 3.86. The van der Waals surface area contributed by atoms with E-state index >= 15 is 0 Å². The van der Waals surface area contributed by atoms with Crippen molar-refractivity contribution in [2.24, 2.45) is 0 Å². The van der Waals surface area contributed by atoms with Crippen molar-refractivity contribution in [2.45, 2.75) is 31.0 Å². The maximum Gasteiger partial charge on any atom is 0.268 e. The summed E-state index contributed by atoms with van der Waals surface area (Å²) in [4.78, 5) is 0.171. The van der Waals surface area contributed by atoms with Crippen LogP contribution in [0.25, 0.3) is 10.9 Å². The summed E-state index contributed by atoms with van der Waals surface area (Å²) in [7, 11) is -0.894. The molecule has 212 valence electrons. The molecule has 0 saturated heterocycles. The fraction of sp³-hybridized carbons (Fsp3) is 0.333. The van der Waals surface area contributed by atoms with Crippen molar-refractivity contribution in [3.63, 3.8) is 0 Å². The van der Waals surface area contributed by atoms with Crippen LogP contribution < -0.4 is 9.47 Å². The van der Waals surface area contributed by atoms with Gasteiger partial charge in [-0.15, -0.1) is 0 Å². The molecule has 1 aromatic heterocycles. The Morgan fingerprint density at radius 2 is 1.68 bits per heavy atom. The van der Waals surface area contributed by atoms with E-state index in [1.165, 1.54) is 11.1 Å². The number of nitrogens with zero attached hydrogens (tertiary/aromatic N) is 1. The van der Waals surface area contributed by atoms with E-state index in [1.54, 1.807) is 43.6 Å². The molecule has 1 atom stereocenters. The highest BCUT2D eigenvalue weighted by Gasteiger charge is 2.34. The lowest BCUT2D eigenvalue weighted by Gasteiger charge is -2.16. The first-order chi connectivity index (χ1) is 19.4. The van der Waals surface area contributed by atoms with E-state index in [-0.39, 0.29) is 37.6 Å². The molecule has 0 fully saturated rings. The Labute approximate surface area is 234 Å². The average Bonchev–Trinajstić information content (AvgIpc) is 3.55. The molecule has 1 aliphatic heterocycles. The number of aryl methyl sites for hydroxylation is 1. The Hall–Kier alpha value is -3.41. The number of fused-ring (bicyclic) bond motifs is 3. The Balaban J connectivity index is 1.71. The monoisotopic (exact) mass is 567 g/mol. The molecular weight excluding hydrogens is 534 g/mol. The molecule has 0 amide bonds. The van der Waals surface area contributed by atoms with Crippen molar-refractivity contribution in [1.82, 2.24) is 3.97 Å². The summed E-state index contributed by atoms with van der Waals surface area (Å²) in [6.07, 6.45) is 1.61. The predicted octanol–water partition coefficient (Wildman–Crippen LogP) is 4.98. The second kappa shape index (κ2) is 12.4. The van der Waals surface area contributed by atoms with Gasteiger partial charge in [-0.1, -0.05) is 48.0 Å². The van der Waals surface area contributed by atoms with Crippen LogP contribution in [0.15, 0.2) is 71.8 Å². The van der Waals surface area contributed by atoms with Crippen LogP contribution in [0.5, 0.6) is 11.5 Å². The molecule has 0 radical (unpaired) electrons. The smallest absolute Gasteiger partial charge is 0.268 e. The minimum atomic E-state index is -4.00. The summed E-state index contributed by atoms with van der Waals surface area (Å²) in [6.45, 7) is 3.21. The van der Waals surface area contributed by atoms with Crippen molar-refractivity contribution >= 4 is 20.9 Å². The van der Waals surface area contributed by atoms with Gasteiger partial charge in [-0.05, 0) is 24.6 Å². The van der Waals surface area contributed by atoms with E-state index in [2.05, 4.69) is 0 Å². The van der Waals surface area contributed by atoms with E-state index in [9.17, 15) is 8.42 Å². The Bertz CT molecular complexity index is 1550. The van der Waals surface area contributed by atoms with Crippen LogP contribution in [0.1, 0.15) is 28.2 Å². The number of benzene rings is 3. The third-order valence-electron chi connectivity index (χ3n) is 6.72. The molecule has 10 heteroatoms. The molecule has 0 aliphatic carbocycles. The first-order valence-electron chi connectivity index (χ1n) is 12.9. The Morgan fingerprint density at radius 3 is 2.40 bits per heavy atom. The van der Waals surface area contributed by atoms with Gasteiger partial charge in [0, 0.05) is 48.9 Å². The van der Waals surface area contributed by atoms with E-state index in [0.717, 1.165) is 16.7 Å². The molecule has 3 aromatic carbocycles. The van der Waals surface area contributed by atoms with Crippen LogP contribution in [-0.2, 0) is 42.2 Å². The first kappa shape index (κ1) is 28.1. The van der Waals surface area contributed by atoms with Gasteiger partial charge in [-0.2, -0.15) is 0 Å². The van der Waals surface area contributed by atoms with Crippen molar-refractivity contribution in [1.29, 1.82) is 0 Å². The molecule has 1 aliphatic rings. The zero-order chi connectivity index (χ0) is 28.1. The summed E-state index contributed by atoms with van der Waals surface area (Å²) >= 11 is 0. The lowest BCUT2D eigenvalue weighted by atomic mass is 9.95. The lowest BCUT2D eigenvalue weighted by molar-refractivity contribution is -0.0389. The molecule has 5 rings (SSSR count). The van der Waals surface area contributed by atoms with E-state index in [1.807, 2.05) is 37.3 Å². The average molecular weight is 568 g/mol. The van der Waals surface area contributed by atoms with Crippen LogP contribution in [0.2, 0.25) is 0 Å². The molecule has 0 bridgehead atoms. The third kappa shape index (κ3) is 5.72. The summed E-state index contributed by atoms with van der Waals surface area (Å²) in [5, 5.41) is 0.705. The molecule has 4 aromatic rings. The third-order valence-corrected chi connectivity index (χ3v) is 8.40. The van der Waals surface area contributed by atoms with Gasteiger partial charge in [0.2, 0.25) is 0 Å². The maximum atomic E-state index is 14.1. The highest BCUT2D eigenvalue weighted by molar-refractivity contribution is 7.90. The minimum Gasteiger partial charge on any atom is -0.492 e. The van der Waals surface area contributed by atoms with Gasteiger partial charge in [0.1, 0.15) is 37.2 Å². The number of ether oxygens (including phenoxy) is 6. The largest absolute Gasteiger partial charge is 0.492 e. The van der Waals surface area contributed by atoms with Gasteiger partial charge in [-0.25, -0.2) is 12.4 Å². The van der Waals surface area contributed by atoms with Gasteiger partial charge in [-0.3, -0.25) is 0 Å². The number of aromatic nitrogens is 1. The van der Waals surface area contributed by atoms with Gasteiger partial charge in [0.25, 0.3) is 10.0 Å². The van der Waals surface area contributed by atoms with Crippen LogP contribution in [-0.4, -0.2) is 53.4 Å². The Morgan fingerprint density at radius 1 is 0.950 bits per heavy atom. The fourth-order valence-electron chi connectivity index (χ4n) is 4.86. The second-order valence-corrected chi connectivity index (χ2v) is 11.4. The fourth-order valence-corrected chi connectivity index (χ4v) is 6.26. The minimum absolute atomic E-state index is 0.0562. The van der Waals surface area contributed by atoms with Crippen molar-refractivity contribution < 1.29 is 36.8 Å². The molecule has 1 unspecified atom stereocenters. The van der Waals surface area contributed by atoms with Crippen LogP contribution >= 0.6 is 0 Å². The molecule has 9 nitrogen and oxygen atoms in total. The molecular formula is C30H33NO8S. The predicted molar refractivity (Wildman–Crippen MR) is 149 cm³/mol. The van der Waals surface area contributed by atoms with Gasteiger partial charge in [0.05, 0.1) is 24.7 Å². The zero-order valence-corrected chi connectivity index (χ0v) is 23.6. The van der Waals surface area contributed by atoms with Gasteiger partial charge < -0.3 is 28.4 Å². The summed E-state index contributed by atoms with van der Waals surface area (Å²) in [5.74, 6) is 0.875. The van der Waals surface area contributed by atoms with Crippen molar-refractivity contribution in [2.75, 3.05) is 41.0 Å². The SMILES string of the molecule is COCOCc1cn(S(=O)(=O)c2ccc(C)cc2)c2c(OCc3ccccc3)cc3c(c12)C(COCOC)CO3. The number of hydrogen-bond acceptors (Lipinski definition) is 8. The van der Waals surface area contributed by atoms with E-state index in [0.29, 0.717) is 41.2 Å². The van der Waals surface area contributed by atoms with E-state index in [4.69, 9.17) is 28.4 Å². The molecule has 0 saturated carbocycles. The summed E-state index contributed by atoms with van der Waals surface area (Å²) in [6, 6.07) is 18.3. The normalized spacial score (nSPS) is 14.8. The van der Waals surface area contributed by atoms with Crippen molar-refractivity contribution in [3.8, 4) is 11.5 Å². The lowest BCUT2D eigenvalue weighted by Crippen LogP contribution is -2.13. The standard InChI is InChI=1S/C30H33NO8S/c1-21-9-11-25(12-10-21)40(32,33)31-14-23(16-36-19-34-2)29-28-24(17-37-20-35-3)18-39-26(28)13-27(30(29)31)38-15-22-7-5-4-6-8-22/h4-14,24H,15-20H2,1-3H3. The van der Waals surface area contributed by atoms with Crippen LogP contribution in [0.3, 0.4) is 0 Å². The second-order valence-electron chi connectivity index (χ2n) is 9.59. The molecule has 0 N–H and O–H groups in total. The first-order valence-corrected chi connectivity index (χ1v) is 14.3. The highest BCUT2D eigenvalue weighted by Crippen LogP contribution is 2.47. The van der Waals surface area contributed by atoms with Gasteiger partial charge in [0.15, 0.2) is 0 Å². The number of methoxy groups -OCH3 is 2. The zero-order valence-electron chi connectivity index (χ0n) is 22.8.